The van der Waals surface area contributed by atoms with E-state index in [0.29, 0.717) is 18.0 Å². The van der Waals surface area contributed by atoms with Crippen molar-refractivity contribution in [3.8, 4) is 0 Å². The number of nitrogens with one attached hydrogen (secondary N) is 1. The fraction of sp³-hybridized carbons (Fsp3) is 0.467. The van der Waals surface area contributed by atoms with E-state index in [1.165, 1.54) is 0 Å². The number of amides is 2. The molecule has 0 bridgehead atoms. The van der Waals surface area contributed by atoms with Gasteiger partial charge >= 0.3 is 0 Å². The van der Waals surface area contributed by atoms with Crippen molar-refractivity contribution in [3.63, 3.8) is 0 Å². The molecule has 1 aromatic rings. The summed E-state index contributed by atoms with van der Waals surface area (Å²) >= 11 is 0. The molecule has 4 nitrogen and oxygen atoms in total. The molecule has 0 aliphatic carbocycles. The van der Waals surface area contributed by atoms with E-state index in [1.54, 1.807) is 17.9 Å². The van der Waals surface area contributed by atoms with Gasteiger partial charge in [-0.3, -0.25) is 9.59 Å². The highest BCUT2D eigenvalue weighted by atomic mass is 16.2. The molecular weight excluding hydrogens is 240 g/mol. The topological polar surface area (TPSA) is 49.4 Å². The van der Waals surface area contributed by atoms with Gasteiger partial charge in [-0.15, -0.1) is 0 Å². The number of hydrogen-bond acceptors (Lipinski definition) is 2. The maximum atomic E-state index is 12.4. The fourth-order valence-corrected chi connectivity index (χ4v) is 2.22. The Morgan fingerprint density at radius 3 is 2.68 bits per heavy atom. The van der Waals surface area contributed by atoms with Crippen LogP contribution in [0.1, 0.15) is 37.6 Å². The molecule has 1 aromatic carbocycles. The molecule has 1 heterocycles. The van der Waals surface area contributed by atoms with Crippen LogP contribution in [0.3, 0.4) is 0 Å². The second kappa shape index (κ2) is 5.43. The molecule has 0 fully saturated rings. The average molecular weight is 260 g/mol. The number of carbonyl (C=O) groups excluding carboxylic acids is 2. The minimum absolute atomic E-state index is 0.0430. The van der Waals surface area contributed by atoms with Gasteiger partial charge in [-0.2, -0.15) is 0 Å². The largest absolute Gasteiger partial charge is 0.340 e. The third-order valence-corrected chi connectivity index (χ3v) is 3.61. The lowest BCUT2D eigenvalue weighted by Gasteiger charge is -2.26. The van der Waals surface area contributed by atoms with E-state index in [4.69, 9.17) is 0 Å². The molecule has 102 valence electrons. The second-order valence-electron chi connectivity index (χ2n) is 5.17. The number of anilines is 1. The molecule has 2 amide bonds. The van der Waals surface area contributed by atoms with Gasteiger partial charge in [0.1, 0.15) is 6.04 Å². The molecule has 1 aliphatic rings. The molecule has 2 atom stereocenters. The Morgan fingerprint density at radius 1 is 1.32 bits per heavy atom. The maximum absolute atomic E-state index is 12.4. The second-order valence-corrected chi connectivity index (χ2v) is 5.17. The Kier molecular flexibility index (Phi) is 3.88. The van der Waals surface area contributed by atoms with Gasteiger partial charge in [-0.05, 0) is 25.0 Å². The van der Waals surface area contributed by atoms with E-state index in [0.717, 1.165) is 12.1 Å². The lowest BCUT2D eigenvalue weighted by atomic mass is 10.1. The minimum Gasteiger partial charge on any atom is -0.340 e. The summed E-state index contributed by atoms with van der Waals surface area (Å²) in [5.74, 6) is 0.180. The summed E-state index contributed by atoms with van der Waals surface area (Å²) in [6.45, 7) is 6.59. The van der Waals surface area contributed by atoms with E-state index in [-0.39, 0.29) is 11.8 Å². The average Bonchev–Trinajstić information content (AvgIpc) is 2.50. The van der Waals surface area contributed by atoms with Crippen molar-refractivity contribution in [1.29, 1.82) is 0 Å². The first-order valence-corrected chi connectivity index (χ1v) is 6.75. The number of nitrogens with zero attached hydrogens (tertiary/aromatic N) is 1. The van der Waals surface area contributed by atoms with Crippen LogP contribution < -0.4 is 10.2 Å². The van der Waals surface area contributed by atoms with E-state index >= 15 is 0 Å². The SMILES string of the molecule is CCC(C)CN1C(=O)C(C)NC(=O)c2ccccc21. The summed E-state index contributed by atoms with van der Waals surface area (Å²) in [5, 5.41) is 2.74. The zero-order chi connectivity index (χ0) is 14.0. The van der Waals surface area contributed by atoms with Crippen LogP contribution in [0.15, 0.2) is 24.3 Å². The van der Waals surface area contributed by atoms with E-state index in [2.05, 4.69) is 19.2 Å². The van der Waals surface area contributed by atoms with E-state index < -0.39 is 6.04 Å². The van der Waals surface area contributed by atoms with Gasteiger partial charge < -0.3 is 10.2 Å². The number of hydrogen-bond donors (Lipinski definition) is 1. The number of rotatable bonds is 3. The van der Waals surface area contributed by atoms with Crippen LogP contribution in [0, 0.1) is 5.92 Å². The Bertz CT molecular complexity index is 499. The van der Waals surface area contributed by atoms with Crippen molar-refractivity contribution in [3.05, 3.63) is 29.8 Å². The number of benzene rings is 1. The molecule has 2 unspecified atom stereocenters. The maximum Gasteiger partial charge on any atom is 0.254 e. The van der Waals surface area contributed by atoms with Crippen LogP contribution in [0.2, 0.25) is 0 Å². The van der Waals surface area contributed by atoms with Crippen LogP contribution in [-0.2, 0) is 4.79 Å². The molecule has 0 aromatic heterocycles. The molecule has 19 heavy (non-hydrogen) atoms. The molecule has 0 saturated heterocycles. The summed E-state index contributed by atoms with van der Waals surface area (Å²) in [6, 6.07) is 6.80. The van der Waals surface area contributed by atoms with Crippen LogP contribution in [0.4, 0.5) is 5.69 Å². The van der Waals surface area contributed by atoms with E-state index in [1.807, 2.05) is 18.2 Å². The lowest BCUT2D eigenvalue weighted by Crippen LogP contribution is -2.45. The zero-order valence-corrected chi connectivity index (χ0v) is 11.6. The van der Waals surface area contributed by atoms with Gasteiger partial charge in [0.2, 0.25) is 5.91 Å². The molecule has 0 radical (unpaired) electrons. The fourth-order valence-electron chi connectivity index (χ4n) is 2.22. The Morgan fingerprint density at radius 2 is 2.00 bits per heavy atom. The smallest absolute Gasteiger partial charge is 0.254 e. The molecule has 4 heteroatoms. The zero-order valence-electron chi connectivity index (χ0n) is 11.6. The predicted molar refractivity (Wildman–Crippen MR) is 75.2 cm³/mol. The van der Waals surface area contributed by atoms with Crippen LogP contribution >= 0.6 is 0 Å². The first-order chi connectivity index (χ1) is 9.04. The molecule has 0 spiro atoms. The Balaban J connectivity index is 2.45. The van der Waals surface area contributed by atoms with E-state index in [9.17, 15) is 9.59 Å². The first kappa shape index (κ1) is 13.6. The molecule has 2 rings (SSSR count). The standard InChI is InChI=1S/C15H20N2O2/c1-4-10(2)9-17-13-8-6-5-7-12(13)14(18)16-11(3)15(17)19/h5-8,10-11H,4,9H2,1-3H3,(H,16,18). The summed E-state index contributed by atoms with van der Waals surface area (Å²) in [6.07, 6.45) is 1.00. The van der Waals surface area contributed by atoms with Crippen molar-refractivity contribution in [2.75, 3.05) is 11.4 Å². The third kappa shape index (κ3) is 2.62. The summed E-state index contributed by atoms with van der Waals surface area (Å²) in [5.41, 5.74) is 1.29. The number of para-hydroxylation sites is 1. The third-order valence-electron chi connectivity index (χ3n) is 3.61. The summed E-state index contributed by atoms with van der Waals surface area (Å²) in [7, 11) is 0. The monoisotopic (exact) mass is 260 g/mol. The predicted octanol–water partition coefficient (Wildman–Crippen LogP) is 2.20. The highest BCUT2D eigenvalue weighted by molar-refractivity contribution is 6.10. The lowest BCUT2D eigenvalue weighted by molar-refractivity contribution is -0.120. The Hall–Kier alpha value is -1.84. The minimum atomic E-state index is -0.482. The van der Waals surface area contributed by atoms with Crippen molar-refractivity contribution in [1.82, 2.24) is 5.32 Å². The van der Waals surface area contributed by atoms with Crippen LogP contribution in [0.25, 0.3) is 0 Å². The van der Waals surface area contributed by atoms with Gasteiger partial charge in [0.25, 0.3) is 5.91 Å². The van der Waals surface area contributed by atoms with Gasteiger partial charge in [-0.25, -0.2) is 0 Å². The van der Waals surface area contributed by atoms with Crippen molar-refractivity contribution >= 4 is 17.5 Å². The van der Waals surface area contributed by atoms with Crippen LogP contribution in [0.5, 0.6) is 0 Å². The summed E-state index contributed by atoms with van der Waals surface area (Å²) < 4.78 is 0. The first-order valence-electron chi connectivity index (χ1n) is 6.75. The van der Waals surface area contributed by atoms with Gasteiger partial charge in [0, 0.05) is 6.54 Å². The molecule has 1 aliphatic heterocycles. The van der Waals surface area contributed by atoms with Crippen molar-refractivity contribution in [2.45, 2.75) is 33.2 Å². The summed E-state index contributed by atoms with van der Waals surface area (Å²) in [4.78, 5) is 26.2. The Labute approximate surface area is 113 Å². The normalized spacial score (nSPS) is 20.6. The molecular formula is C15H20N2O2. The van der Waals surface area contributed by atoms with Crippen molar-refractivity contribution in [2.24, 2.45) is 5.92 Å². The highest BCUT2D eigenvalue weighted by Gasteiger charge is 2.31. The van der Waals surface area contributed by atoms with Gasteiger partial charge in [-0.1, -0.05) is 32.4 Å². The number of carbonyl (C=O) groups is 2. The van der Waals surface area contributed by atoms with Gasteiger partial charge in [0.15, 0.2) is 0 Å². The highest BCUT2D eigenvalue weighted by Crippen LogP contribution is 2.25. The molecule has 0 saturated carbocycles. The van der Waals surface area contributed by atoms with Crippen molar-refractivity contribution < 1.29 is 9.59 Å². The number of fused-ring (bicyclic) bond motifs is 1. The van der Waals surface area contributed by atoms with Crippen LogP contribution in [-0.4, -0.2) is 24.4 Å². The molecule has 1 N–H and O–H groups in total. The quantitative estimate of drug-likeness (QED) is 0.905. The van der Waals surface area contributed by atoms with Gasteiger partial charge in [0.05, 0.1) is 11.3 Å².